The van der Waals surface area contributed by atoms with E-state index < -0.39 is 11.6 Å². The molecular formula is C18H14Cl2FN3O3S. The van der Waals surface area contributed by atoms with E-state index in [1.165, 1.54) is 36.6 Å². The molecule has 28 heavy (non-hydrogen) atoms. The van der Waals surface area contributed by atoms with Gasteiger partial charge in [-0.1, -0.05) is 23.2 Å². The summed E-state index contributed by atoms with van der Waals surface area (Å²) in [7, 11) is 1.30. The molecule has 3 rings (SSSR count). The Balaban J connectivity index is 1.89. The monoisotopic (exact) mass is 441 g/mol. The number of rotatable bonds is 7. The minimum atomic E-state index is -0.718. The van der Waals surface area contributed by atoms with Crippen LogP contribution in [-0.2, 0) is 11.3 Å². The van der Waals surface area contributed by atoms with Crippen LogP contribution < -0.4 is 10.5 Å². The van der Waals surface area contributed by atoms with Gasteiger partial charge in [0.2, 0.25) is 5.78 Å². The van der Waals surface area contributed by atoms with E-state index in [2.05, 4.69) is 9.97 Å². The summed E-state index contributed by atoms with van der Waals surface area (Å²) in [6.45, 7) is -0.0356. The molecule has 0 aliphatic rings. The molecule has 3 aromatic rings. The third-order valence-electron chi connectivity index (χ3n) is 3.74. The largest absolute Gasteiger partial charge is 0.492 e. The van der Waals surface area contributed by atoms with E-state index >= 15 is 0 Å². The number of nitrogens with two attached hydrogens (primary N) is 1. The van der Waals surface area contributed by atoms with Crippen LogP contribution in [0.1, 0.15) is 15.4 Å². The zero-order valence-corrected chi connectivity index (χ0v) is 16.9. The predicted molar refractivity (Wildman–Crippen MR) is 107 cm³/mol. The number of aromatic nitrogens is 2. The van der Waals surface area contributed by atoms with Crippen LogP contribution in [0.25, 0.3) is 11.3 Å². The van der Waals surface area contributed by atoms with Crippen LogP contribution in [0, 0.1) is 5.82 Å². The van der Waals surface area contributed by atoms with Crippen molar-refractivity contribution in [2.75, 3.05) is 19.5 Å². The highest BCUT2D eigenvalue weighted by atomic mass is 35.5. The lowest BCUT2D eigenvalue weighted by atomic mass is 10.1. The highest BCUT2D eigenvalue weighted by Crippen LogP contribution is 2.36. The van der Waals surface area contributed by atoms with Gasteiger partial charge in [-0.2, -0.15) is 0 Å². The molecule has 0 aliphatic carbocycles. The SMILES string of the molecule is COc1c(Cl)ccc(-c2cc(N)c(Cl)c(C(=O)COCc3cncs3)n2)c1F. The van der Waals surface area contributed by atoms with Gasteiger partial charge in [0.05, 0.1) is 45.5 Å². The Hall–Kier alpha value is -2.26. The summed E-state index contributed by atoms with van der Waals surface area (Å²) in [6, 6.07) is 4.26. The molecule has 0 spiro atoms. The summed E-state index contributed by atoms with van der Waals surface area (Å²) in [4.78, 5) is 21.5. The number of benzene rings is 1. The van der Waals surface area contributed by atoms with Gasteiger partial charge in [0.25, 0.3) is 0 Å². The maximum absolute atomic E-state index is 14.7. The molecular weight excluding hydrogens is 428 g/mol. The summed E-state index contributed by atoms with van der Waals surface area (Å²) < 4.78 is 25.1. The molecule has 0 aliphatic heterocycles. The molecule has 10 heteroatoms. The van der Waals surface area contributed by atoms with Crippen molar-refractivity contribution >= 4 is 46.0 Å². The third-order valence-corrected chi connectivity index (χ3v) is 5.19. The van der Waals surface area contributed by atoms with Crippen molar-refractivity contribution in [2.45, 2.75) is 6.61 Å². The topological polar surface area (TPSA) is 87.3 Å². The van der Waals surface area contributed by atoms with Crippen LogP contribution in [0.2, 0.25) is 10.0 Å². The van der Waals surface area contributed by atoms with Crippen molar-refractivity contribution in [1.29, 1.82) is 0 Å². The highest BCUT2D eigenvalue weighted by molar-refractivity contribution is 7.09. The van der Waals surface area contributed by atoms with Crippen LogP contribution in [0.5, 0.6) is 5.75 Å². The molecule has 0 saturated heterocycles. The van der Waals surface area contributed by atoms with Crippen molar-refractivity contribution in [3.8, 4) is 17.0 Å². The van der Waals surface area contributed by atoms with E-state index in [9.17, 15) is 9.18 Å². The Labute approximate surface area is 174 Å². The number of Topliss-reactive ketones (excluding diaryl/α,β-unsaturated/α-hetero) is 1. The molecule has 0 unspecified atom stereocenters. The number of nitrogens with zero attached hydrogens (tertiary/aromatic N) is 2. The standard InChI is InChI=1S/C18H14Cl2FN3O3S/c1-26-18-11(19)3-2-10(16(18)21)13-4-12(22)15(20)17(24-13)14(25)7-27-6-9-5-23-8-28-9/h2-5,8H,6-7H2,1H3,(H2,22,24). The number of ketones is 1. The number of anilines is 1. The van der Waals surface area contributed by atoms with E-state index in [-0.39, 0.29) is 51.6 Å². The van der Waals surface area contributed by atoms with Gasteiger partial charge < -0.3 is 15.2 Å². The number of methoxy groups -OCH3 is 1. The van der Waals surface area contributed by atoms with E-state index in [0.717, 1.165) is 4.88 Å². The minimum absolute atomic E-state index is 0.0172. The summed E-state index contributed by atoms with van der Waals surface area (Å²) in [5.41, 5.74) is 7.75. The molecule has 0 saturated carbocycles. The van der Waals surface area contributed by atoms with Crippen molar-refractivity contribution in [3.05, 3.63) is 56.3 Å². The van der Waals surface area contributed by atoms with Crippen LogP contribution in [0.4, 0.5) is 10.1 Å². The molecule has 2 heterocycles. The molecule has 2 aromatic heterocycles. The zero-order chi connectivity index (χ0) is 20.3. The molecule has 2 N–H and O–H groups in total. The zero-order valence-electron chi connectivity index (χ0n) is 14.5. The molecule has 146 valence electrons. The molecule has 0 amide bonds. The van der Waals surface area contributed by atoms with Gasteiger partial charge in [0.15, 0.2) is 11.6 Å². The number of halogens is 3. The van der Waals surface area contributed by atoms with Crippen LogP contribution >= 0.6 is 34.5 Å². The maximum Gasteiger partial charge on any atom is 0.208 e. The molecule has 6 nitrogen and oxygen atoms in total. The Morgan fingerprint density at radius 1 is 1.36 bits per heavy atom. The Bertz CT molecular complexity index is 1020. The van der Waals surface area contributed by atoms with Crippen molar-refractivity contribution in [1.82, 2.24) is 9.97 Å². The molecule has 0 radical (unpaired) electrons. The number of hydrogen-bond donors (Lipinski definition) is 1. The van der Waals surface area contributed by atoms with Crippen molar-refractivity contribution in [2.24, 2.45) is 0 Å². The number of thiazole rings is 1. The second kappa shape index (κ2) is 8.83. The van der Waals surface area contributed by atoms with E-state index in [1.807, 2.05) is 0 Å². The van der Waals surface area contributed by atoms with Gasteiger partial charge in [-0.15, -0.1) is 11.3 Å². The number of ether oxygens (including phenoxy) is 2. The van der Waals surface area contributed by atoms with Crippen molar-refractivity contribution < 1.29 is 18.7 Å². The van der Waals surface area contributed by atoms with Gasteiger partial charge in [-0.25, -0.2) is 9.37 Å². The first-order valence-electron chi connectivity index (χ1n) is 7.89. The minimum Gasteiger partial charge on any atom is -0.492 e. The lowest BCUT2D eigenvalue weighted by Gasteiger charge is -2.12. The van der Waals surface area contributed by atoms with Crippen LogP contribution in [0.3, 0.4) is 0 Å². The molecule has 0 atom stereocenters. The van der Waals surface area contributed by atoms with E-state index in [1.54, 1.807) is 11.7 Å². The average Bonchev–Trinajstić information content (AvgIpc) is 3.18. The number of carbonyl (C=O) groups is 1. The summed E-state index contributed by atoms with van der Waals surface area (Å²) >= 11 is 13.5. The lowest BCUT2D eigenvalue weighted by Crippen LogP contribution is -2.13. The first kappa shape index (κ1) is 20.5. The normalized spacial score (nSPS) is 10.9. The Morgan fingerprint density at radius 3 is 2.82 bits per heavy atom. The number of hydrogen-bond acceptors (Lipinski definition) is 7. The second-order valence-corrected chi connectivity index (χ2v) is 7.34. The Morgan fingerprint density at radius 2 is 2.14 bits per heavy atom. The number of pyridine rings is 1. The highest BCUT2D eigenvalue weighted by Gasteiger charge is 2.21. The maximum atomic E-state index is 14.7. The third kappa shape index (κ3) is 4.25. The molecule has 0 fully saturated rings. The van der Waals surface area contributed by atoms with E-state index in [0.29, 0.717) is 0 Å². The van der Waals surface area contributed by atoms with Gasteiger partial charge in [-0.3, -0.25) is 9.78 Å². The second-order valence-electron chi connectivity index (χ2n) is 5.59. The van der Waals surface area contributed by atoms with Gasteiger partial charge in [-0.05, 0) is 18.2 Å². The van der Waals surface area contributed by atoms with E-state index in [4.69, 9.17) is 38.4 Å². The van der Waals surface area contributed by atoms with Gasteiger partial charge >= 0.3 is 0 Å². The van der Waals surface area contributed by atoms with Crippen LogP contribution in [0.15, 0.2) is 29.9 Å². The quantitative estimate of drug-likeness (QED) is 0.537. The Kier molecular flexibility index (Phi) is 6.46. The smallest absolute Gasteiger partial charge is 0.208 e. The van der Waals surface area contributed by atoms with Gasteiger partial charge in [0.1, 0.15) is 12.3 Å². The summed E-state index contributed by atoms with van der Waals surface area (Å²) in [5.74, 6) is -1.33. The fraction of sp³-hybridized carbons (Fsp3) is 0.167. The summed E-state index contributed by atoms with van der Waals surface area (Å²) in [6.07, 6.45) is 1.65. The number of nitrogen functional groups attached to an aromatic ring is 1. The number of carbonyl (C=O) groups excluding carboxylic acids is 1. The molecule has 1 aromatic carbocycles. The summed E-state index contributed by atoms with van der Waals surface area (Å²) in [5, 5.41) is 0.0925. The first-order chi connectivity index (χ1) is 13.4. The van der Waals surface area contributed by atoms with Crippen LogP contribution in [-0.4, -0.2) is 29.5 Å². The predicted octanol–water partition coefficient (Wildman–Crippen LogP) is 4.64. The first-order valence-corrected chi connectivity index (χ1v) is 9.52. The fourth-order valence-corrected chi connectivity index (χ4v) is 3.37. The fourth-order valence-electron chi connectivity index (χ4n) is 2.42. The lowest BCUT2D eigenvalue weighted by molar-refractivity contribution is 0.0726. The van der Waals surface area contributed by atoms with Gasteiger partial charge in [0, 0.05) is 11.8 Å². The van der Waals surface area contributed by atoms with Crippen molar-refractivity contribution in [3.63, 3.8) is 0 Å². The average molecular weight is 442 g/mol. The molecule has 0 bridgehead atoms.